The number of fused-ring (bicyclic) bond motifs is 1. The molecule has 0 radical (unpaired) electrons. The maximum Gasteiger partial charge on any atom is 0.408 e. The van der Waals surface area contributed by atoms with Crippen LogP contribution in [0.1, 0.15) is 32.1 Å². The average Bonchev–Trinajstić information content (AvgIpc) is 2.78. The lowest BCUT2D eigenvalue weighted by Gasteiger charge is -2.45. The van der Waals surface area contributed by atoms with Gasteiger partial charge in [0, 0.05) is 11.4 Å². The van der Waals surface area contributed by atoms with Crippen molar-refractivity contribution in [2.24, 2.45) is 17.7 Å². The van der Waals surface area contributed by atoms with Crippen molar-refractivity contribution in [2.75, 3.05) is 6.54 Å². The average molecular weight is 480 g/mol. The van der Waals surface area contributed by atoms with Crippen LogP contribution >= 0.6 is 21.2 Å². The fraction of sp³-hybridized carbons (Fsp3) is 0.435. The number of ether oxygens (including phenoxy) is 1. The molecule has 2 aliphatic rings. The molecule has 32 heavy (non-hydrogen) atoms. The fourth-order valence-electron chi connectivity index (χ4n) is 4.89. The summed E-state index contributed by atoms with van der Waals surface area (Å²) < 4.78 is 32.7. The van der Waals surface area contributed by atoms with Gasteiger partial charge in [-0.1, -0.05) is 43.5 Å². The number of rotatable bonds is 6. The third kappa shape index (κ3) is 5.60. The Morgan fingerprint density at radius 3 is 2.31 bits per heavy atom. The number of carbonyl (C=O) groups is 1. The van der Waals surface area contributed by atoms with Crippen LogP contribution < -0.4 is 16.0 Å². The largest absolute Gasteiger partial charge is 0.430 e. The number of hydrazine groups is 1. The van der Waals surface area contributed by atoms with Crippen molar-refractivity contribution >= 4 is 27.1 Å². The minimum Gasteiger partial charge on any atom is -0.430 e. The van der Waals surface area contributed by atoms with E-state index in [4.69, 9.17) is 5.84 Å². The first-order chi connectivity index (χ1) is 15.3. The van der Waals surface area contributed by atoms with Gasteiger partial charge in [-0.3, -0.25) is 10.2 Å². The van der Waals surface area contributed by atoms with Crippen molar-refractivity contribution in [3.05, 3.63) is 48.5 Å². The van der Waals surface area contributed by atoms with Crippen LogP contribution in [0, 0.1) is 11.8 Å². The van der Waals surface area contributed by atoms with Gasteiger partial charge >= 0.3 is 5.85 Å². The molecule has 9 heteroatoms. The summed E-state index contributed by atoms with van der Waals surface area (Å²) in [7, 11) is 1.36. The van der Waals surface area contributed by atoms with Crippen molar-refractivity contribution in [1.82, 2.24) is 9.73 Å². The molecule has 5 nitrogen and oxygen atoms in total. The van der Waals surface area contributed by atoms with Gasteiger partial charge in [0.25, 0.3) is 5.91 Å². The van der Waals surface area contributed by atoms with E-state index in [1.807, 2.05) is 24.3 Å². The van der Waals surface area contributed by atoms with E-state index in [0.29, 0.717) is 11.8 Å². The maximum atomic E-state index is 13.0. The minimum atomic E-state index is -3.29. The Morgan fingerprint density at radius 1 is 1.06 bits per heavy atom. The van der Waals surface area contributed by atoms with Crippen molar-refractivity contribution < 1.29 is 18.3 Å². The molecule has 4 atom stereocenters. The highest BCUT2D eigenvalue weighted by Crippen LogP contribution is 2.43. The predicted octanol–water partition coefficient (Wildman–Crippen LogP) is 5.04. The summed E-state index contributed by atoms with van der Waals surface area (Å²) in [5, 5.41) is 0. The molecule has 1 saturated carbocycles. The van der Waals surface area contributed by atoms with E-state index in [1.54, 1.807) is 24.1 Å². The quantitative estimate of drug-likeness (QED) is 0.200. The predicted molar refractivity (Wildman–Crippen MR) is 126 cm³/mol. The molecule has 0 bridgehead atoms. The molecule has 2 aromatic rings. The summed E-state index contributed by atoms with van der Waals surface area (Å²) in [5.41, 5.74) is 4.26. The highest BCUT2D eigenvalue weighted by Gasteiger charge is 2.43. The zero-order valence-corrected chi connectivity index (χ0v) is 19.6. The van der Waals surface area contributed by atoms with E-state index in [1.165, 1.54) is 40.6 Å². The van der Waals surface area contributed by atoms with E-state index in [9.17, 15) is 13.6 Å². The van der Waals surface area contributed by atoms with Gasteiger partial charge in [0.15, 0.2) is 0 Å². The van der Waals surface area contributed by atoms with Crippen LogP contribution in [0.2, 0.25) is 0 Å². The van der Waals surface area contributed by atoms with Gasteiger partial charge in [-0.15, -0.1) is 0 Å². The number of nitrogens with two attached hydrogens (primary N) is 1. The molecule has 1 heterocycles. The number of benzene rings is 2. The first-order valence-electron chi connectivity index (χ1n) is 10.9. The van der Waals surface area contributed by atoms with Crippen LogP contribution in [-0.2, 0) is 4.79 Å². The fourth-order valence-corrected chi connectivity index (χ4v) is 6.11. The van der Waals surface area contributed by atoms with E-state index in [0.717, 1.165) is 35.4 Å². The second-order valence-corrected chi connectivity index (χ2v) is 10.2. The number of piperidine rings is 1. The SMILES string of the molecule is NNC(=O)C1C2CCCCC2CCN1Sc1ccc(-c2ccc(OC(F)(F)P)cc2)cc1. The second kappa shape index (κ2) is 10.0. The van der Waals surface area contributed by atoms with Crippen LogP contribution in [0.5, 0.6) is 5.75 Å². The smallest absolute Gasteiger partial charge is 0.408 e. The number of hydrogen-bond acceptors (Lipinski definition) is 5. The van der Waals surface area contributed by atoms with Crippen molar-refractivity contribution in [3.63, 3.8) is 0 Å². The summed E-state index contributed by atoms with van der Waals surface area (Å²) in [6.07, 6.45) is 5.79. The Bertz CT molecular complexity index is 924. The maximum absolute atomic E-state index is 13.0. The molecule has 1 aliphatic carbocycles. The van der Waals surface area contributed by atoms with Gasteiger partial charge < -0.3 is 4.74 Å². The molecule has 1 amide bonds. The van der Waals surface area contributed by atoms with Crippen molar-refractivity contribution in [3.8, 4) is 16.9 Å². The number of nitrogens with one attached hydrogen (secondary N) is 1. The summed E-state index contributed by atoms with van der Waals surface area (Å²) >= 11 is 1.60. The van der Waals surface area contributed by atoms with Crippen LogP contribution in [0.15, 0.2) is 53.4 Å². The van der Waals surface area contributed by atoms with Gasteiger partial charge in [-0.25, -0.2) is 10.1 Å². The second-order valence-electron chi connectivity index (χ2n) is 8.40. The third-order valence-corrected chi connectivity index (χ3v) is 7.58. The molecule has 172 valence electrons. The molecule has 2 fully saturated rings. The van der Waals surface area contributed by atoms with Gasteiger partial charge in [-0.2, -0.15) is 8.78 Å². The summed E-state index contributed by atoms with van der Waals surface area (Å²) in [6.45, 7) is 0.855. The molecular weight excluding hydrogens is 451 g/mol. The van der Waals surface area contributed by atoms with E-state index in [2.05, 4.69) is 14.5 Å². The Hall–Kier alpha value is -1.73. The molecule has 4 unspecified atom stereocenters. The lowest BCUT2D eigenvalue weighted by Crippen LogP contribution is -2.56. The zero-order valence-electron chi connectivity index (χ0n) is 17.7. The first kappa shape index (κ1) is 23.4. The van der Waals surface area contributed by atoms with E-state index >= 15 is 0 Å². The van der Waals surface area contributed by atoms with Gasteiger partial charge in [0.05, 0.1) is 0 Å². The van der Waals surface area contributed by atoms with Crippen LogP contribution in [0.4, 0.5) is 8.78 Å². The number of hydrogen-bond donors (Lipinski definition) is 2. The number of carbonyl (C=O) groups excluding carboxylic acids is 1. The van der Waals surface area contributed by atoms with Gasteiger partial charge in [0.1, 0.15) is 11.8 Å². The van der Waals surface area contributed by atoms with E-state index < -0.39 is 5.85 Å². The highest BCUT2D eigenvalue weighted by molar-refractivity contribution is 7.97. The first-order valence-corrected chi connectivity index (χ1v) is 12.2. The Balaban J connectivity index is 1.45. The summed E-state index contributed by atoms with van der Waals surface area (Å²) in [6, 6.07) is 14.4. The Labute approximate surface area is 193 Å². The molecule has 1 aliphatic heterocycles. The normalized spacial score (nSPS) is 23.9. The molecule has 1 saturated heterocycles. The molecule has 2 aromatic carbocycles. The van der Waals surface area contributed by atoms with Crippen LogP contribution in [-0.4, -0.2) is 28.6 Å². The monoisotopic (exact) mass is 479 g/mol. The number of alkyl halides is 2. The molecule has 0 aromatic heterocycles. The van der Waals surface area contributed by atoms with Crippen molar-refractivity contribution in [2.45, 2.75) is 48.9 Å². The topological polar surface area (TPSA) is 67.6 Å². The summed E-state index contributed by atoms with van der Waals surface area (Å²) in [5.74, 6) is 3.19. The number of amides is 1. The lowest BCUT2D eigenvalue weighted by molar-refractivity contribution is -0.129. The number of halogens is 2. The third-order valence-electron chi connectivity index (χ3n) is 6.33. The minimum absolute atomic E-state index is 0.107. The summed E-state index contributed by atoms with van der Waals surface area (Å²) in [4.78, 5) is 13.7. The molecule has 0 spiro atoms. The molecular formula is C23H28F2N3O2PS. The standard InChI is InChI=1S/C23H28F2N3O2PS/c24-23(25,31)30-18-9-5-15(6-10-18)16-7-11-19(12-8-16)32-28-14-13-17-3-1-2-4-20(17)21(28)22(29)27-26/h5-12,17,20-21H,1-4,13-14,26,31H2,(H,27,29). The van der Waals surface area contributed by atoms with Crippen molar-refractivity contribution in [1.29, 1.82) is 0 Å². The Kier molecular flexibility index (Phi) is 7.35. The number of nitrogens with zero attached hydrogens (tertiary/aromatic N) is 1. The van der Waals surface area contributed by atoms with Gasteiger partial charge in [-0.05, 0) is 81.3 Å². The zero-order chi connectivity index (χ0) is 22.7. The molecule has 4 rings (SSSR count). The van der Waals surface area contributed by atoms with E-state index in [-0.39, 0.29) is 17.7 Å². The van der Waals surface area contributed by atoms with Crippen LogP contribution in [0.3, 0.4) is 0 Å². The van der Waals surface area contributed by atoms with Gasteiger partial charge in [0.2, 0.25) is 0 Å². The Morgan fingerprint density at radius 2 is 1.69 bits per heavy atom. The highest BCUT2D eigenvalue weighted by atomic mass is 32.2. The lowest BCUT2D eigenvalue weighted by atomic mass is 9.71. The molecule has 3 N–H and O–H groups in total. The van der Waals surface area contributed by atoms with Crippen LogP contribution in [0.25, 0.3) is 11.1 Å².